The summed E-state index contributed by atoms with van der Waals surface area (Å²) in [5.41, 5.74) is 1.62. The lowest BCUT2D eigenvalue weighted by molar-refractivity contribution is 0.0564. The standard InChI is InChI=1S/C19H30N2/c1-5-12-19(14-17(3)21(4)15-16(19)2)20-13-11-18-9-7-6-8-10-18/h5-10,16-17,20H,1,11-15H2,2-4H3. The third-order valence-corrected chi connectivity index (χ3v) is 5.16. The first-order chi connectivity index (χ1) is 10.1. The Hall–Kier alpha value is -1.12. The number of hydrogen-bond acceptors (Lipinski definition) is 2. The van der Waals surface area contributed by atoms with Gasteiger partial charge in [-0.1, -0.05) is 43.3 Å². The maximum absolute atomic E-state index is 3.99. The molecule has 1 heterocycles. The van der Waals surface area contributed by atoms with E-state index < -0.39 is 0 Å². The van der Waals surface area contributed by atoms with Crippen molar-refractivity contribution < 1.29 is 0 Å². The molecule has 0 bridgehead atoms. The molecule has 0 amide bonds. The van der Waals surface area contributed by atoms with Crippen LogP contribution in [-0.2, 0) is 6.42 Å². The number of benzene rings is 1. The van der Waals surface area contributed by atoms with Gasteiger partial charge in [0.05, 0.1) is 0 Å². The van der Waals surface area contributed by atoms with Crippen molar-refractivity contribution in [1.82, 2.24) is 10.2 Å². The minimum atomic E-state index is 0.211. The van der Waals surface area contributed by atoms with Gasteiger partial charge in [-0.2, -0.15) is 0 Å². The highest BCUT2D eigenvalue weighted by atomic mass is 15.2. The topological polar surface area (TPSA) is 15.3 Å². The maximum Gasteiger partial charge on any atom is 0.0268 e. The van der Waals surface area contributed by atoms with Crippen molar-refractivity contribution in [2.75, 3.05) is 20.1 Å². The molecule has 1 N–H and O–H groups in total. The van der Waals surface area contributed by atoms with Crippen LogP contribution in [0, 0.1) is 5.92 Å². The van der Waals surface area contributed by atoms with E-state index in [2.05, 4.69) is 74.1 Å². The number of likely N-dealkylation sites (tertiary alicyclic amines) is 1. The van der Waals surface area contributed by atoms with E-state index in [9.17, 15) is 0 Å². The lowest BCUT2D eigenvalue weighted by Gasteiger charge is -2.49. The van der Waals surface area contributed by atoms with E-state index >= 15 is 0 Å². The fourth-order valence-corrected chi connectivity index (χ4v) is 3.63. The third-order valence-electron chi connectivity index (χ3n) is 5.16. The van der Waals surface area contributed by atoms with Gasteiger partial charge in [-0.3, -0.25) is 0 Å². The molecule has 1 aromatic rings. The molecule has 1 aliphatic rings. The Morgan fingerprint density at radius 1 is 1.33 bits per heavy atom. The van der Waals surface area contributed by atoms with Gasteiger partial charge >= 0.3 is 0 Å². The molecule has 0 spiro atoms. The van der Waals surface area contributed by atoms with Crippen molar-refractivity contribution in [3.63, 3.8) is 0 Å². The van der Waals surface area contributed by atoms with Crippen molar-refractivity contribution in [1.29, 1.82) is 0 Å². The zero-order valence-corrected chi connectivity index (χ0v) is 13.8. The molecule has 2 heteroatoms. The highest BCUT2D eigenvalue weighted by Crippen LogP contribution is 2.34. The molecule has 0 radical (unpaired) electrons. The molecule has 21 heavy (non-hydrogen) atoms. The van der Waals surface area contributed by atoms with Gasteiger partial charge < -0.3 is 10.2 Å². The Bertz CT molecular complexity index is 442. The molecule has 1 aromatic carbocycles. The molecule has 3 unspecified atom stereocenters. The highest BCUT2D eigenvalue weighted by Gasteiger charge is 2.41. The Morgan fingerprint density at radius 2 is 2.05 bits per heavy atom. The van der Waals surface area contributed by atoms with Crippen LogP contribution in [0.15, 0.2) is 43.0 Å². The molecule has 0 aromatic heterocycles. The zero-order chi connectivity index (χ0) is 15.3. The summed E-state index contributed by atoms with van der Waals surface area (Å²) in [4.78, 5) is 2.48. The van der Waals surface area contributed by atoms with Gasteiger partial charge in [-0.15, -0.1) is 6.58 Å². The lowest BCUT2D eigenvalue weighted by atomic mass is 9.74. The second-order valence-corrected chi connectivity index (χ2v) is 6.71. The van der Waals surface area contributed by atoms with Crippen molar-refractivity contribution in [2.45, 2.75) is 44.7 Å². The Kier molecular flexibility index (Phi) is 5.60. The minimum absolute atomic E-state index is 0.211. The van der Waals surface area contributed by atoms with Crippen LogP contribution in [0.4, 0.5) is 0 Å². The molecule has 116 valence electrons. The van der Waals surface area contributed by atoms with Crippen LogP contribution in [-0.4, -0.2) is 36.6 Å². The van der Waals surface area contributed by atoms with Crippen LogP contribution in [0.2, 0.25) is 0 Å². The van der Waals surface area contributed by atoms with E-state index in [0.29, 0.717) is 12.0 Å². The number of rotatable bonds is 6. The Labute approximate surface area is 130 Å². The highest BCUT2D eigenvalue weighted by molar-refractivity contribution is 5.15. The Balaban J connectivity index is 1.99. The van der Waals surface area contributed by atoms with Gasteiger partial charge in [0.1, 0.15) is 0 Å². The molecule has 1 aliphatic heterocycles. The lowest BCUT2D eigenvalue weighted by Crippen LogP contribution is -2.60. The van der Waals surface area contributed by atoms with Crippen molar-refractivity contribution in [3.8, 4) is 0 Å². The minimum Gasteiger partial charge on any atom is -0.310 e. The van der Waals surface area contributed by atoms with Crippen molar-refractivity contribution in [3.05, 3.63) is 48.6 Å². The van der Waals surface area contributed by atoms with Crippen LogP contribution in [0.1, 0.15) is 32.3 Å². The van der Waals surface area contributed by atoms with Crippen LogP contribution < -0.4 is 5.32 Å². The molecule has 2 rings (SSSR count). The molecule has 2 nitrogen and oxygen atoms in total. The predicted octanol–water partition coefficient (Wildman–Crippen LogP) is 3.49. The van der Waals surface area contributed by atoms with E-state index in [1.165, 1.54) is 12.0 Å². The predicted molar refractivity (Wildman–Crippen MR) is 91.6 cm³/mol. The Morgan fingerprint density at radius 3 is 2.71 bits per heavy atom. The molecule has 0 saturated carbocycles. The van der Waals surface area contributed by atoms with Gasteiger partial charge in [0.15, 0.2) is 0 Å². The monoisotopic (exact) mass is 286 g/mol. The van der Waals surface area contributed by atoms with Crippen LogP contribution in [0.3, 0.4) is 0 Å². The summed E-state index contributed by atoms with van der Waals surface area (Å²) in [6.07, 6.45) is 5.44. The van der Waals surface area contributed by atoms with Gasteiger partial charge in [0.25, 0.3) is 0 Å². The number of nitrogens with one attached hydrogen (secondary N) is 1. The number of nitrogens with zero attached hydrogens (tertiary/aromatic N) is 1. The van der Waals surface area contributed by atoms with Gasteiger partial charge in [0.2, 0.25) is 0 Å². The van der Waals surface area contributed by atoms with Crippen molar-refractivity contribution >= 4 is 0 Å². The van der Waals surface area contributed by atoms with E-state index in [1.807, 2.05) is 0 Å². The smallest absolute Gasteiger partial charge is 0.0268 e. The van der Waals surface area contributed by atoms with E-state index in [-0.39, 0.29) is 5.54 Å². The normalized spacial score (nSPS) is 30.2. The molecular formula is C19H30N2. The quantitative estimate of drug-likeness (QED) is 0.805. The van der Waals surface area contributed by atoms with E-state index in [4.69, 9.17) is 0 Å². The second kappa shape index (κ2) is 7.24. The fraction of sp³-hybridized carbons (Fsp3) is 0.579. The van der Waals surface area contributed by atoms with Crippen LogP contribution >= 0.6 is 0 Å². The summed E-state index contributed by atoms with van der Waals surface area (Å²) >= 11 is 0. The summed E-state index contributed by atoms with van der Waals surface area (Å²) in [5.74, 6) is 0.646. The summed E-state index contributed by atoms with van der Waals surface area (Å²) in [6.45, 7) is 10.9. The van der Waals surface area contributed by atoms with E-state index in [0.717, 1.165) is 25.9 Å². The molecule has 1 saturated heterocycles. The van der Waals surface area contributed by atoms with Crippen LogP contribution in [0.25, 0.3) is 0 Å². The number of hydrogen-bond donors (Lipinski definition) is 1. The average Bonchev–Trinajstić information content (AvgIpc) is 2.47. The van der Waals surface area contributed by atoms with Crippen molar-refractivity contribution in [2.24, 2.45) is 5.92 Å². The molecule has 1 fully saturated rings. The summed E-state index contributed by atoms with van der Waals surface area (Å²) in [6, 6.07) is 11.4. The summed E-state index contributed by atoms with van der Waals surface area (Å²) < 4.78 is 0. The second-order valence-electron chi connectivity index (χ2n) is 6.71. The summed E-state index contributed by atoms with van der Waals surface area (Å²) in [5, 5.41) is 3.89. The number of piperidine rings is 1. The average molecular weight is 286 g/mol. The largest absolute Gasteiger partial charge is 0.310 e. The van der Waals surface area contributed by atoms with Crippen LogP contribution in [0.5, 0.6) is 0 Å². The van der Waals surface area contributed by atoms with E-state index in [1.54, 1.807) is 0 Å². The molecule has 3 atom stereocenters. The SMILES string of the molecule is C=CCC1(NCCc2ccccc2)CC(C)N(C)CC1C. The van der Waals surface area contributed by atoms with Gasteiger partial charge in [0, 0.05) is 18.1 Å². The fourth-order valence-electron chi connectivity index (χ4n) is 3.63. The first-order valence-electron chi connectivity index (χ1n) is 8.17. The third kappa shape index (κ3) is 3.96. The molecular weight excluding hydrogens is 256 g/mol. The first-order valence-corrected chi connectivity index (χ1v) is 8.17. The molecule has 0 aliphatic carbocycles. The first kappa shape index (κ1) is 16.3. The van der Waals surface area contributed by atoms with Gasteiger partial charge in [-0.05, 0) is 51.3 Å². The summed E-state index contributed by atoms with van der Waals surface area (Å²) in [7, 11) is 2.24. The zero-order valence-electron chi connectivity index (χ0n) is 13.8. The maximum atomic E-state index is 3.99. The van der Waals surface area contributed by atoms with Gasteiger partial charge in [-0.25, -0.2) is 0 Å².